The summed E-state index contributed by atoms with van der Waals surface area (Å²) in [6.07, 6.45) is 3.90. The minimum Gasteiger partial charge on any atom is -0.496 e. The maximum Gasteiger partial charge on any atom is 0.224 e. The molecule has 0 atom stereocenters. The van der Waals surface area contributed by atoms with Crippen molar-refractivity contribution in [2.24, 2.45) is 5.92 Å². The maximum atomic E-state index is 12.1. The van der Waals surface area contributed by atoms with E-state index in [0.717, 1.165) is 42.6 Å². The van der Waals surface area contributed by atoms with E-state index in [2.05, 4.69) is 5.32 Å². The number of amides is 1. The summed E-state index contributed by atoms with van der Waals surface area (Å²) in [5, 5.41) is 12.5. The standard InChI is InChI=1S/C17H25NO3/c1-12-3-8-16(21-2)14(9-12)10-17(20)18-11-13-4-6-15(19)7-5-13/h3,8-9,13,15,19H,4-7,10-11H2,1-2H3,(H,18,20). The van der Waals surface area contributed by atoms with Gasteiger partial charge in [-0.15, -0.1) is 0 Å². The number of aliphatic hydroxyl groups excluding tert-OH is 1. The molecule has 1 aliphatic rings. The molecule has 4 nitrogen and oxygen atoms in total. The van der Waals surface area contributed by atoms with Crippen LogP contribution in [0.1, 0.15) is 36.8 Å². The zero-order valence-corrected chi connectivity index (χ0v) is 12.9. The first-order valence-corrected chi connectivity index (χ1v) is 7.66. The summed E-state index contributed by atoms with van der Waals surface area (Å²) >= 11 is 0. The second kappa shape index (κ2) is 7.46. The highest BCUT2D eigenvalue weighted by molar-refractivity contribution is 5.79. The Hall–Kier alpha value is -1.55. The van der Waals surface area contributed by atoms with Gasteiger partial charge >= 0.3 is 0 Å². The van der Waals surface area contributed by atoms with Crippen molar-refractivity contribution in [1.29, 1.82) is 0 Å². The van der Waals surface area contributed by atoms with Crippen LogP contribution in [0.4, 0.5) is 0 Å². The van der Waals surface area contributed by atoms with Crippen LogP contribution in [0.3, 0.4) is 0 Å². The summed E-state index contributed by atoms with van der Waals surface area (Å²) in [6, 6.07) is 5.88. The molecule has 0 radical (unpaired) electrons. The molecular formula is C17H25NO3. The molecule has 1 saturated carbocycles. The molecule has 0 aromatic heterocycles. The van der Waals surface area contributed by atoms with E-state index in [0.29, 0.717) is 18.9 Å². The third kappa shape index (κ3) is 4.74. The van der Waals surface area contributed by atoms with Crippen molar-refractivity contribution in [3.05, 3.63) is 29.3 Å². The van der Waals surface area contributed by atoms with Crippen LogP contribution in [0, 0.1) is 12.8 Å². The predicted molar refractivity (Wildman–Crippen MR) is 82.4 cm³/mol. The molecule has 0 saturated heterocycles. The molecular weight excluding hydrogens is 266 g/mol. The first-order chi connectivity index (χ1) is 10.1. The van der Waals surface area contributed by atoms with E-state index in [9.17, 15) is 9.90 Å². The number of ether oxygens (including phenoxy) is 1. The van der Waals surface area contributed by atoms with Gasteiger partial charge < -0.3 is 15.2 Å². The SMILES string of the molecule is COc1ccc(C)cc1CC(=O)NCC1CCC(O)CC1. The first kappa shape index (κ1) is 15.8. The second-order valence-electron chi connectivity index (χ2n) is 5.97. The zero-order chi connectivity index (χ0) is 15.2. The number of nitrogens with one attached hydrogen (secondary N) is 1. The van der Waals surface area contributed by atoms with Crippen molar-refractivity contribution in [3.8, 4) is 5.75 Å². The molecule has 0 unspecified atom stereocenters. The Labute approximate surface area is 126 Å². The molecule has 4 heteroatoms. The van der Waals surface area contributed by atoms with Gasteiger partial charge in [-0.05, 0) is 44.6 Å². The lowest BCUT2D eigenvalue weighted by Crippen LogP contribution is -2.33. The van der Waals surface area contributed by atoms with Gasteiger partial charge in [0.15, 0.2) is 0 Å². The molecule has 1 aromatic rings. The van der Waals surface area contributed by atoms with E-state index in [-0.39, 0.29) is 12.0 Å². The van der Waals surface area contributed by atoms with Crippen LogP contribution in [-0.4, -0.2) is 30.8 Å². The number of methoxy groups -OCH3 is 1. The van der Waals surface area contributed by atoms with Gasteiger partial charge in [0.1, 0.15) is 5.75 Å². The van der Waals surface area contributed by atoms with Crippen molar-refractivity contribution >= 4 is 5.91 Å². The van der Waals surface area contributed by atoms with Gasteiger partial charge in [0.2, 0.25) is 5.91 Å². The highest BCUT2D eigenvalue weighted by Gasteiger charge is 2.20. The van der Waals surface area contributed by atoms with Crippen LogP contribution in [0.2, 0.25) is 0 Å². The molecule has 1 amide bonds. The molecule has 1 fully saturated rings. The van der Waals surface area contributed by atoms with Crippen molar-refractivity contribution in [2.45, 2.75) is 45.1 Å². The van der Waals surface area contributed by atoms with E-state index in [4.69, 9.17) is 4.74 Å². The quantitative estimate of drug-likeness (QED) is 0.874. The number of benzene rings is 1. The van der Waals surface area contributed by atoms with Crippen LogP contribution in [-0.2, 0) is 11.2 Å². The van der Waals surface area contributed by atoms with Crippen LogP contribution in [0.5, 0.6) is 5.75 Å². The molecule has 0 bridgehead atoms. The third-order valence-corrected chi connectivity index (χ3v) is 4.19. The van der Waals surface area contributed by atoms with E-state index in [1.807, 2.05) is 25.1 Å². The Morgan fingerprint density at radius 2 is 2.05 bits per heavy atom. The van der Waals surface area contributed by atoms with E-state index < -0.39 is 0 Å². The highest BCUT2D eigenvalue weighted by Crippen LogP contribution is 2.24. The minimum absolute atomic E-state index is 0.0324. The molecule has 0 spiro atoms. The van der Waals surface area contributed by atoms with Gasteiger partial charge in [0.25, 0.3) is 0 Å². The molecule has 1 aliphatic carbocycles. The lowest BCUT2D eigenvalue weighted by atomic mass is 9.87. The summed E-state index contributed by atoms with van der Waals surface area (Å²) in [7, 11) is 1.62. The predicted octanol–water partition coefficient (Wildman–Crippen LogP) is 2.21. The molecule has 2 rings (SSSR count). The summed E-state index contributed by atoms with van der Waals surface area (Å²) in [4.78, 5) is 12.1. The number of hydrogen-bond acceptors (Lipinski definition) is 3. The van der Waals surface area contributed by atoms with Crippen LogP contribution >= 0.6 is 0 Å². The Morgan fingerprint density at radius 3 is 2.71 bits per heavy atom. The van der Waals surface area contributed by atoms with E-state index in [1.54, 1.807) is 7.11 Å². The third-order valence-electron chi connectivity index (χ3n) is 4.19. The Morgan fingerprint density at radius 1 is 1.33 bits per heavy atom. The monoisotopic (exact) mass is 291 g/mol. The van der Waals surface area contributed by atoms with Gasteiger partial charge in [0.05, 0.1) is 19.6 Å². The summed E-state index contributed by atoms with van der Waals surface area (Å²) in [5.74, 6) is 1.29. The fourth-order valence-corrected chi connectivity index (χ4v) is 2.89. The van der Waals surface area contributed by atoms with Gasteiger partial charge in [0, 0.05) is 12.1 Å². The fraction of sp³-hybridized carbons (Fsp3) is 0.588. The normalized spacial score (nSPS) is 21.9. The average molecular weight is 291 g/mol. The van der Waals surface area contributed by atoms with Gasteiger partial charge in [-0.3, -0.25) is 4.79 Å². The lowest BCUT2D eigenvalue weighted by molar-refractivity contribution is -0.120. The molecule has 1 aromatic carbocycles. The van der Waals surface area contributed by atoms with Crippen molar-refractivity contribution in [3.63, 3.8) is 0 Å². The van der Waals surface area contributed by atoms with Gasteiger partial charge in [-0.2, -0.15) is 0 Å². The molecule has 0 aliphatic heterocycles. The highest BCUT2D eigenvalue weighted by atomic mass is 16.5. The first-order valence-electron chi connectivity index (χ1n) is 7.66. The molecule has 0 heterocycles. The van der Waals surface area contributed by atoms with Gasteiger partial charge in [-0.25, -0.2) is 0 Å². The number of rotatable bonds is 5. The van der Waals surface area contributed by atoms with Crippen LogP contribution < -0.4 is 10.1 Å². The van der Waals surface area contributed by atoms with E-state index >= 15 is 0 Å². The van der Waals surface area contributed by atoms with Crippen molar-refractivity contribution in [1.82, 2.24) is 5.32 Å². The zero-order valence-electron chi connectivity index (χ0n) is 12.9. The Balaban J connectivity index is 1.83. The molecule has 2 N–H and O–H groups in total. The molecule has 116 valence electrons. The fourth-order valence-electron chi connectivity index (χ4n) is 2.89. The van der Waals surface area contributed by atoms with Crippen molar-refractivity contribution in [2.75, 3.05) is 13.7 Å². The largest absolute Gasteiger partial charge is 0.496 e. The average Bonchev–Trinajstić information content (AvgIpc) is 2.47. The van der Waals surface area contributed by atoms with Crippen molar-refractivity contribution < 1.29 is 14.6 Å². The number of carbonyl (C=O) groups excluding carboxylic acids is 1. The minimum atomic E-state index is -0.145. The summed E-state index contributed by atoms with van der Waals surface area (Å²) in [5.41, 5.74) is 2.05. The smallest absolute Gasteiger partial charge is 0.224 e. The number of aryl methyl sites for hydroxylation is 1. The van der Waals surface area contributed by atoms with Crippen LogP contribution in [0.15, 0.2) is 18.2 Å². The number of carbonyl (C=O) groups is 1. The summed E-state index contributed by atoms with van der Waals surface area (Å²) < 4.78 is 5.30. The summed E-state index contributed by atoms with van der Waals surface area (Å²) in [6.45, 7) is 2.72. The Bertz CT molecular complexity index is 479. The second-order valence-corrected chi connectivity index (χ2v) is 5.97. The van der Waals surface area contributed by atoms with Gasteiger partial charge in [-0.1, -0.05) is 17.7 Å². The topological polar surface area (TPSA) is 58.6 Å². The van der Waals surface area contributed by atoms with E-state index in [1.165, 1.54) is 0 Å². The lowest BCUT2D eigenvalue weighted by Gasteiger charge is -2.25. The van der Waals surface area contributed by atoms with Crippen LogP contribution in [0.25, 0.3) is 0 Å². The molecule has 21 heavy (non-hydrogen) atoms. The number of hydrogen-bond donors (Lipinski definition) is 2. The maximum absolute atomic E-state index is 12.1. The number of aliphatic hydroxyl groups is 1. The Kier molecular flexibility index (Phi) is 5.62.